The van der Waals surface area contributed by atoms with Gasteiger partial charge in [0.15, 0.2) is 5.82 Å². The number of hydrogen-bond acceptors (Lipinski definition) is 7. The molecule has 8 nitrogen and oxygen atoms in total. The second-order valence-corrected chi connectivity index (χ2v) is 10.7. The Morgan fingerprint density at radius 2 is 1.84 bits per heavy atom. The number of benzene rings is 2. The summed E-state index contributed by atoms with van der Waals surface area (Å²) in [5, 5.41) is 6.89. The van der Waals surface area contributed by atoms with Crippen molar-refractivity contribution in [2.45, 2.75) is 45.6 Å². The average Bonchev–Trinajstić information content (AvgIpc) is 2.87. The van der Waals surface area contributed by atoms with Crippen molar-refractivity contribution in [2.75, 3.05) is 44.9 Å². The number of likely N-dealkylation sites (tertiary alicyclic amines) is 1. The molecule has 1 aliphatic heterocycles. The molecule has 3 aromatic rings. The number of rotatable bonds is 8. The molecule has 0 saturated carbocycles. The number of hydrogen-bond donors (Lipinski definition) is 2. The van der Waals surface area contributed by atoms with E-state index in [-0.39, 0.29) is 12.0 Å². The molecule has 1 aromatic heterocycles. The highest BCUT2D eigenvalue weighted by molar-refractivity contribution is 6.33. The molecule has 9 heteroatoms. The quantitative estimate of drug-likeness (QED) is 0.353. The molecule has 0 aliphatic carbocycles. The van der Waals surface area contributed by atoms with Gasteiger partial charge in [0.1, 0.15) is 10.8 Å². The first kappa shape index (κ1) is 27.7. The summed E-state index contributed by atoms with van der Waals surface area (Å²) < 4.78 is 6.23. The Kier molecular flexibility index (Phi) is 8.74. The second-order valence-electron chi connectivity index (χ2n) is 10.3. The second kappa shape index (κ2) is 12.0. The SMILES string of the molecule is Cc1cc(Nc2ncc(Cl)c(Nc3ccccc3C(=O)N(C)C)n2)c(OC(C)C)cc1C1CCN(C)CC1. The number of amides is 1. The molecule has 1 aliphatic rings. The van der Waals surface area contributed by atoms with Gasteiger partial charge in [0.25, 0.3) is 5.91 Å². The molecule has 0 bridgehead atoms. The summed E-state index contributed by atoms with van der Waals surface area (Å²) in [7, 11) is 5.61. The van der Waals surface area contributed by atoms with Crippen molar-refractivity contribution < 1.29 is 9.53 Å². The number of aromatic nitrogens is 2. The van der Waals surface area contributed by atoms with Crippen molar-refractivity contribution in [3.63, 3.8) is 0 Å². The maximum Gasteiger partial charge on any atom is 0.255 e. The van der Waals surface area contributed by atoms with E-state index >= 15 is 0 Å². The zero-order valence-electron chi connectivity index (χ0n) is 23.0. The lowest BCUT2D eigenvalue weighted by atomic mass is 9.86. The molecule has 38 heavy (non-hydrogen) atoms. The molecule has 2 aromatic carbocycles. The van der Waals surface area contributed by atoms with Gasteiger partial charge in [-0.15, -0.1) is 0 Å². The van der Waals surface area contributed by atoms with E-state index in [0.29, 0.717) is 34.0 Å². The van der Waals surface area contributed by atoms with Crippen molar-refractivity contribution in [2.24, 2.45) is 0 Å². The standard InChI is InChI=1S/C29H37ClN6O2/c1-18(2)38-26-16-22(20-11-13-36(6)14-12-20)19(3)15-25(26)33-29-31-17-23(30)27(34-29)32-24-10-8-7-9-21(24)28(37)35(4)5/h7-10,15-18,20H,11-14H2,1-6H3,(H2,31,32,33,34). The Bertz CT molecular complexity index is 1290. The molecule has 0 spiro atoms. The lowest BCUT2D eigenvalue weighted by Crippen LogP contribution is -2.29. The predicted molar refractivity (Wildman–Crippen MR) is 154 cm³/mol. The van der Waals surface area contributed by atoms with Crippen molar-refractivity contribution in [1.29, 1.82) is 0 Å². The summed E-state index contributed by atoms with van der Waals surface area (Å²) in [6.07, 6.45) is 3.83. The summed E-state index contributed by atoms with van der Waals surface area (Å²) in [4.78, 5) is 25.6. The summed E-state index contributed by atoms with van der Waals surface area (Å²) in [6, 6.07) is 11.6. The fourth-order valence-corrected chi connectivity index (χ4v) is 4.83. The minimum absolute atomic E-state index is 0.0118. The van der Waals surface area contributed by atoms with Gasteiger partial charge in [-0.25, -0.2) is 4.98 Å². The molecule has 0 radical (unpaired) electrons. The van der Waals surface area contributed by atoms with E-state index in [0.717, 1.165) is 37.4 Å². The monoisotopic (exact) mass is 536 g/mol. The minimum Gasteiger partial charge on any atom is -0.489 e. The molecule has 202 valence electrons. The van der Waals surface area contributed by atoms with E-state index in [1.54, 1.807) is 26.4 Å². The Hall–Kier alpha value is -3.36. The van der Waals surface area contributed by atoms with Crippen molar-refractivity contribution >= 4 is 40.6 Å². The van der Waals surface area contributed by atoms with Crippen LogP contribution in [0.4, 0.5) is 23.1 Å². The predicted octanol–water partition coefficient (Wildman–Crippen LogP) is 6.22. The molecular formula is C29H37ClN6O2. The molecule has 1 saturated heterocycles. The third kappa shape index (κ3) is 6.55. The number of aryl methyl sites for hydroxylation is 1. The summed E-state index contributed by atoms with van der Waals surface area (Å²) in [5.41, 5.74) is 4.47. The fourth-order valence-electron chi connectivity index (χ4n) is 4.69. The van der Waals surface area contributed by atoms with Crippen LogP contribution in [0.1, 0.15) is 54.1 Å². The van der Waals surface area contributed by atoms with Gasteiger partial charge in [-0.1, -0.05) is 23.7 Å². The zero-order chi connectivity index (χ0) is 27.4. The summed E-state index contributed by atoms with van der Waals surface area (Å²) >= 11 is 6.45. The van der Waals surface area contributed by atoms with E-state index < -0.39 is 0 Å². The van der Waals surface area contributed by atoms with E-state index in [1.807, 2.05) is 32.0 Å². The van der Waals surface area contributed by atoms with E-state index in [4.69, 9.17) is 16.3 Å². The Morgan fingerprint density at radius 3 is 2.53 bits per heavy atom. The van der Waals surface area contributed by atoms with E-state index in [1.165, 1.54) is 16.0 Å². The van der Waals surface area contributed by atoms with Crippen LogP contribution in [0.5, 0.6) is 5.75 Å². The number of piperidine rings is 1. The van der Waals surface area contributed by atoms with Gasteiger partial charge < -0.3 is 25.2 Å². The van der Waals surface area contributed by atoms with Gasteiger partial charge in [-0.2, -0.15) is 4.98 Å². The van der Waals surface area contributed by atoms with Crippen LogP contribution in [0.3, 0.4) is 0 Å². The molecule has 4 rings (SSSR count). The lowest BCUT2D eigenvalue weighted by Gasteiger charge is -2.30. The normalized spacial score (nSPS) is 14.4. The van der Waals surface area contributed by atoms with Crippen LogP contribution < -0.4 is 15.4 Å². The van der Waals surface area contributed by atoms with E-state index in [9.17, 15) is 4.79 Å². The lowest BCUT2D eigenvalue weighted by molar-refractivity contribution is 0.0828. The zero-order valence-corrected chi connectivity index (χ0v) is 23.8. The van der Waals surface area contributed by atoms with Crippen LogP contribution in [0.2, 0.25) is 5.02 Å². The van der Waals surface area contributed by atoms with Crippen molar-refractivity contribution in [1.82, 2.24) is 19.8 Å². The number of halogens is 1. The first-order valence-corrected chi connectivity index (χ1v) is 13.4. The number of carbonyl (C=O) groups is 1. The fraction of sp³-hybridized carbons (Fsp3) is 0.414. The number of para-hydroxylation sites is 1. The van der Waals surface area contributed by atoms with Gasteiger partial charge in [0.2, 0.25) is 5.95 Å². The van der Waals surface area contributed by atoms with Crippen molar-refractivity contribution in [3.8, 4) is 5.75 Å². The number of carbonyl (C=O) groups excluding carboxylic acids is 1. The number of nitrogens with one attached hydrogen (secondary N) is 2. The first-order valence-electron chi connectivity index (χ1n) is 13.0. The third-order valence-electron chi connectivity index (χ3n) is 6.70. The van der Waals surface area contributed by atoms with Gasteiger partial charge in [0.05, 0.1) is 29.2 Å². The molecule has 0 atom stereocenters. The van der Waals surface area contributed by atoms with Crippen LogP contribution in [0.25, 0.3) is 0 Å². The van der Waals surface area contributed by atoms with E-state index in [2.05, 4.69) is 51.6 Å². The first-order chi connectivity index (χ1) is 18.1. The number of ether oxygens (including phenoxy) is 1. The maximum absolute atomic E-state index is 12.7. The van der Waals surface area contributed by atoms with Crippen molar-refractivity contribution in [3.05, 3.63) is 64.3 Å². The van der Waals surface area contributed by atoms with Crippen LogP contribution in [-0.4, -0.2) is 66.0 Å². The molecule has 1 fully saturated rings. The highest BCUT2D eigenvalue weighted by Crippen LogP contribution is 2.38. The van der Waals surface area contributed by atoms with Crippen LogP contribution in [0.15, 0.2) is 42.6 Å². The molecular weight excluding hydrogens is 500 g/mol. The van der Waals surface area contributed by atoms with Crippen LogP contribution in [0, 0.1) is 6.92 Å². The molecule has 2 N–H and O–H groups in total. The smallest absolute Gasteiger partial charge is 0.255 e. The Morgan fingerprint density at radius 1 is 1.13 bits per heavy atom. The summed E-state index contributed by atoms with van der Waals surface area (Å²) in [6.45, 7) is 8.38. The highest BCUT2D eigenvalue weighted by atomic mass is 35.5. The van der Waals surface area contributed by atoms with Gasteiger partial charge in [-0.05, 0) is 95.1 Å². The summed E-state index contributed by atoms with van der Waals surface area (Å²) in [5.74, 6) is 1.94. The number of nitrogens with zero attached hydrogens (tertiary/aromatic N) is 4. The van der Waals surface area contributed by atoms with Crippen LogP contribution in [-0.2, 0) is 0 Å². The Labute approximate surface area is 230 Å². The molecule has 0 unspecified atom stereocenters. The highest BCUT2D eigenvalue weighted by Gasteiger charge is 2.22. The van der Waals surface area contributed by atoms with Crippen LogP contribution >= 0.6 is 11.6 Å². The van der Waals surface area contributed by atoms with Gasteiger partial charge >= 0.3 is 0 Å². The van der Waals surface area contributed by atoms with Gasteiger partial charge in [-0.3, -0.25) is 4.79 Å². The number of anilines is 4. The van der Waals surface area contributed by atoms with Gasteiger partial charge in [0, 0.05) is 14.1 Å². The Balaban J connectivity index is 1.63. The average molecular weight is 537 g/mol. The topological polar surface area (TPSA) is 82.6 Å². The minimum atomic E-state index is -0.118. The molecule has 1 amide bonds. The molecule has 2 heterocycles. The third-order valence-corrected chi connectivity index (χ3v) is 6.97. The maximum atomic E-state index is 12.7. The largest absolute Gasteiger partial charge is 0.489 e.